The molecule has 2 aromatic heterocycles. The first-order valence-corrected chi connectivity index (χ1v) is 11.5. The summed E-state index contributed by atoms with van der Waals surface area (Å²) in [5.41, 5.74) is 7.99. The summed E-state index contributed by atoms with van der Waals surface area (Å²) in [4.78, 5) is 16.7. The molecule has 0 aliphatic carbocycles. The summed E-state index contributed by atoms with van der Waals surface area (Å²) >= 11 is 6.36. The van der Waals surface area contributed by atoms with Crippen molar-refractivity contribution in [3.8, 4) is 11.4 Å². The van der Waals surface area contributed by atoms with E-state index in [1.165, 1.54) is 16.9 Å². The fraction of sp³-hybridized carbons (Fsp3) is 0.240. The van der Waals surface area contributed by atoms with E-state index in [1.807, 2.05) is 6.07 Å². The number of aryl methyl sites for hydroxylation is 1. The molecule has 4 rings (SSSR count). The second-order valence-corrected chi connectivity index (χ2v) is 8.67. The molecular weight excluding hydrogens is 492 g/mol. The summed E-state index contributed by atoms with van der Waals surface area (Å²) < 4.78 is 35.3. The van der Waals surface area contributed by atoms with Crippen LogP contribution in [0.1, 0.15) is 29.8 Å². The summed E-state index contributed by atoms with van der Waals surface area (Å²) in [5.74, 6) is -1.32. The third kappa shape index (κ3) is 5.30. The van der Waals surface area contributed by atoms with Gasteiger partial charge in [0.2, 0.25) is 0 Å². The zero-order valence-electron chi connectivity index (χ0n) is 19.5. The van der Waals surface area contributed by atoms with Gasteiger partial charge in [0.15, 0.2) is 5.82 Å². The molecule has 4 aromatic rings. The summed E-state index contributed by atoms with van der Waals surface area (Å²) in [6.07, 6.45) is 0.995. The fourth-order valence-corrected chi connectivity index (χ4v) is 4.14. The molecule has 2 aromatic carbocycles. The molecule has 0 aliphatic rings. The van der Waals surface area contributed by atoms with Gasteiger partial charge in [-0.3, -0.25) is 4.79 Å². The maximum atomic E-state index is 14.2. The molecule has 0 bridgehead atoms. The van der Waals surface area contributed by atoms with E-state index in [-0.39, 0.29) is 18.2 Å². The van der Waals surface area contributed by atoms with Gasteiger partial charge in [0.05, 0.1) is 29.1 Å². The van der Waals surface area contributed by atoms with Crippen molar-refractivity contribution in [1.29, 1.82) is 0 Å². The van der Waals surface area contributed by atoms with Crippen molar-refractivity contribution in [2.45, 2.75) is 32.6 Å². The van der Waals surface area contributed by atoms with Gasteiger partial charge >= 0.3 is 0 Å². The van der Waals surface area contributed by atoms with Crippen LogP contribution in [0, 0.1) is 18.6 Å². The van der Waals surface area contributed by atoms with Crippen LogP contribution in [-0.4, -0.2) is 38.4 Å². The van der Waals surface area contributed by atoms with E-state index in [4.69, 9.17) is 22.1 Å². The highest BCUT2D eigenvalue weighted by Gasteiger charge is 2.21. The summed E-state index contributed by atoms with van der Waals surface area (Å²) in [7, 11) is 0. The first-order chi connectivity index (χ1) is 17.2. The zero-order chi connectivity index (χ0) is 26.0. The molecule has 0 radical (unpaired) electrons. The number of hydrogen-bond donors (Lipinski definition) is 3. The van der Waals surface area contributed by atoms with Crippen molar-refractivity contribution >= 4 is 28.4 Å². The van der Waals surface area contributed by atoms with Crippen LogP contribution in [0.2, 0.25) is 5.02 Å². The Balaban J connectivity index is 1.68. The molecule has 0 spiro atoms. The minimum absolute atomic E-state index is 0.0609. The predicted octanol–water partition coefficient (Wildman–Crippen LogP) is 3.74. The number of para-hydroxylation sites is 1. The number of ether oxygens (including phenoxy) is 1. The molecular formula is C25H24ClF2N5O3. The normalized spacial score (nSPS) is 13.0. The van der Waals surface area contributed by atoms with Gasteiger partial charge < -0.3 is 20.9 Å². The third-order valence-electron chi connectivity index (χ3n) is 5.62. The molecule has 0 unspecified atom stereocenters. The van der Waals surface area contributed by atoms with Gasteiger partial charge in [0.1, 0.15) is 29.8 Å². The minimum Gasteiger partial charge on any atom is -0.487 e. The number of carbonyl (C=O) groups excluding carboxylic acids is 1. The van der Waals surface area contributed by atoms with Crippen molar-refractivity contribution in [3.63, 3.8) is 0 Å². The standard InChI is InChI=1S/C25H24ClF2N5O3/c1-13-6-21(33-11-16(28)10-30-33)17-4-3-5-23(24(17)31-13)36-12-19-18(7-15(27)8-20(19)26)14(2)32-25(35)22(34)9-29/h3-8,10-11,14,22,34H,9,12,29H2,1-2H3,(H,32,35)/t14-,22-/m0/s1. The number of aliphatic hydroxyl groups excluding tert-OH is 1. The van der Waals surface area contributed by atoms with Crippen molar-refractivity contribution in [2.24, 2.45) is 5.73 Å². The van der Waals surface area contributed by atoms with Crippen molar-refractivity contribution in [3.05, 3.63) is 82.3 Å². The Hall–Kier alpha value is -3.60. The van der Waals surface area contributed by atoms with E-state index in [2.05, 4.69) is 15.4 Å². The maximum absolute atomic E-state index is 14.2. The second-order valence-electron chi connectivity index (χ2n) is 8.26. The minimum atomic E-state index is -1.39. The quantitative estimate of drug-likeness (QED) is 0.329. The SMILES string of the molecule is Cc1cc(-n2cc(F)cn2)c2cccc(OCc3c(Cl)cc(F)cc3[C@H](C)NC(=O)[C@@H](O)CN)c2n1. The summed E-state index contributed by atoms with van der Waals surface area (Å²) in [6, 6.07) is 8.81. The predicted molar refractivity (Wildman–Crippen MR) is 131 cm³/mol. The molecule has 188 valence electrons. The number of aliphatic hydroxyl groups is 1. The number of halogens is 3. The Morgan fingerprint density at radius 2 is 2.06 bits per heavy atom. The number of nitrogens with one attached hydrogen (secondary N) is 1. The van der Waals surface area contributed by atoms with Crippen LogP contribution < -0.4 is 15.8 Å². The van der Waals surface area contributed by atoms with Gasteiger partial charge in [-0.05, 0) is 43.7 Å². The average molecular weight is 516 g/mol. The lowest BCUT2D eigenvalue weighted by atomic mass is 10.0. The number of hydrogen-bond acceptors (Lipinski definition) is 6. The summed E-state index contributed by atoms with van der Waals surface area (Å²) in [5, 5.41) is 17.1. The van der Waals surface area contributed by atoms with Crippen LogP contribution in [0.25, 0.3) is 16.6 Å². The molecule has 0 aliphatic heterocycles. The van der Waals surface area contributed by atoms with Crippen LogP contribution in [0.15, 0.2) is 48.8 Å². The lowest BCUT2D eigenvalue weighted by Gasteiger charge is -2.21. The highest BCUT2D eigenvalue weighted by Crippen LogP contribution is 2.32. The van der Waals surface area contributed by atoms with Gasteiger partial charge in [-0.2, -0.15) is 5.10 Å². The number of fused-ring (bicyclic) bond motifs is 1. The van der Waals surface area contributed by atoms with Crippen molar-refractivity contribution < 1.29 is 23.4 Å². The number of rotatable bonds is 8. The van der Waals surface area contributed by atoms with Gasteiger partial charge in [-0.15, -0.1) is 0 Å². The molecule has 8 nitrogen and oxygen atoms in total. The van der Waals surface area contributed by atoms with Gasteiger partial charge in [0.25, 0.3) is 5.91 Å². The van der Waals surface area contributed by atoms with Crippen LogP contribution >= 0.6 is 11.6 Å². The molecule has 36 heavy (non-hydrogen) atoms. The highest BCUT2D eigenvalue weighted by atomic mass is 35.5. The van der Waals surface area contributed by atoms with Crippen LogP contribution in [0.4, 0.5) is 8.78 Å². The molecule has 1 amide bonds. The first kappa shape index (κ1) is 25.5. The number of pyridine rings is 1. The maximum Gasteiger partial charge on any atom is 0.250 e. The van der Waals surface area contributed by atoms with E-state index in [9.17, 15) is 18.7 Å². The fourth-order valence-electron chi connectivity index (χ4n) is 3.87. The molecule has 2 heterocycles. The highest BCUT2D eigenvalue weighted by molar-refractivity contribution is 6.31. The van der Waals surface area contributed by atoms with Gasteiger partial charge in [-0.25, -0.2) is 18.4 Å². The summed E-state index contributed by atoms with van der Waals surface area (Å²) in [6.45, 7) is 3.12. The monoisotopic (exact) mass is 515 g/mol. The Morgan fingerprint density at radius 1 is 1.28 bits per heavy atom. The lowest BCUT2D eigenvalue weighted by molar-refractivity contribution is -0.129. The van der Waals surface area contributed by atoms with Gasteiger partial charge in [-0.1, -0.05) is 23.7 Å². The van der Waals surface area contributed by atoms with E-state index in [1.54, 1.807) is 32.0 Å². The number of benzene rings is 2. The number of amides is 1. The van der Waals surface area contributed by atoms with E-state index >= 15 is 0 Å². The largest absolute Gasteiger partial charge is 0.487 e. The Morgan fingerprint density at radius 3 is 2.75 bits per heavy atom. The topological polar surface area (TPSA) is 115 Å². The average Bonchev–Trinajstić information content (AvgIpc) is 3.28. The Bertz CT molecular complexity index is 1430. The van der Waals surface area contributed by atoms with E-state index in [0.717, 1.165) is 12.3 Å². The number of nitrogens with zero attached hydrogens (tertiary/aromatic N) is 3. The van der Waals surface area contributed by atoms with E-state index < -0.39 is 29.7 Å². The van der Waals surface area contributed by atoms with Gasteiger partial charge in [0, 0.05) is 23.2 Å². The third-order valence-corrected chi connectivity index (χ3v) is 5.96. The second kappa shape index (κ2) is 10.6. The van der Waals surface area contributed by atoms with Crippen LogP contribution in [-0.2, 0) is 11.4 Å². The molecule has 0 saturated heterocycles. The molecule has 4 N–H and O–H groups in total. The molecule has 0 saturated carbocycles. The molecule has 2 atom stereocenters. The van der Waals surface area contributed by atoms with Crippen LogP contribution in [0.3, 0.4) is 0 Å². The zero-order valence-corrected chi connectivity index (χ0v) is 20.3. The number of aromatic nitrogens is 3. The first-order valence-electron chi connectivity index (χ1n) is 11.1. The molecule has 0 fully saturated rings. The lowest BCUT2D eigenvalue weighted by Crippen LogP contribution is -2.40. The van der Waals surface area contributed by atoms with Crippen LogP contribution in [0.5, 0.6) is 5.75 Å². The number of carbonyl (C=O) groups is 1. The van der Waals surface area contributed by atoms with E-state index in [0.29, 0.717) is 39.2 Å². The number of nitrogens with two attached hydrogens (primary N) is 1. The Kier molecular flexibility index (Phi) is 7.48. The Labute approximate surface area is 210 Å². The van der Waals surface area contributed by atoms with Crippen molar-refractivity contribution in [1.82, 2.24) is 20.1 Å². The smallest absolute Gasteiger partial charge is 0.250 e. The van der Waals surface area contributed by atoms with Crippen molar-refractivity contribution in [2.75, 3.05) is 6.54 Å². The molecule has 11 heteroatoms.